The van der Waals surface area contributed by atoms with E-state index in [0.717, 1.165) is 5.56 Å². The predicted octanol–water partition coefficient (Wildman–Crippen LogP) is 2.47. The maximum Gasteiger partial charge on any atom is 0.255 e. The van der Waals surface area contributed by atoms with Gasteiger partial charge >= 0.3 is 0 Å². The van der Waals surface area contributed by atoms with Gasteiger partial charge in [-0.3, -0.25) is 15.6 Å². The van der Waals surface area contributed by atoms with E-state index < -0.39 is 5.84 Å². The number of amidine groups is 1. The van der Waals surface area contributed by atoms with Crippen molar-refractivity contribution in [2.45, 2.75) is 6.92 Å². The number of carbonyl (C=O) groups excluding carboxylic acids is 1. The van der Waals surface area contributed by atoms with E-state index in [-0.39, 0.29) is 11.6 Å². The Morgan fingerprint density at radius 2 is 1.92 bits per heavy atom. The molecule has 0 spiro atoms. The van der Waals surface area contributed by atoms with Crippen LogP contribution in [0.3, 0.4) is 0 Å². The molecule has 2 aromatic carbocycles. The Hall–Kier alpha value is -3.66. The van der Waals surface area contributed by atoms with Crippen molar-refractivity contribution in [3.05, 3.63) is 59.7 Å². The maximum absolute atomic E-state index is 12.3. The third kappa shape index (κ3) is 4.42. The van der Waals surface area contributed by atoms with Gasteiger partial charge in [-0.15, -0.1) is 0 Å². The van der Waals surface area contributed by atoms with Gasteiger partial charge in [0.05, 0.1) is 5.69 Å². The summed E-state index contributed by atoms with van der Waals surface area (Å²) in [6.45, 7) is 1.97. The van der Waals surface area contributed by atoms with Gasteiger partial charge in [-0.25, -0.2) is 0 Å². The summed E-state index contributed by atoms with van der Waals surface area (Å²) in [7, 11) is 0. The maximum atomic E-state index is 12.3. The molecule has 0 fully saturated rings. The predicted molar refractivity (Wildman–Crippen MR) is 94.2 cm³/mol. The minimum Gasteiger partial charge on any atom is -0.382 e. The van der Waals surface area contributed by atoms with E-state index in [4.69, 9.17) is 16.4 Å². The van der Waals surface area contributed by atoms with E-state index in [1.165, 1.54) is 0 Å². The van der Waals surface area contributed by atoms with Crippen molar-refractivity contribution >= 4 is 28.8 Å². The first-order valence-electron chi connectivity index (χ1n) is 7.06. The van der Waals surface area contributed by atoms with Crippen LogP contribution in [0.2, 0.25) is 0 Å². The largest absolute Gasteiger partial charge is 0.382 e. The number of aryl methyl sites for hydroxylation is 1. The molecule has 2 aromatic rings. The van der Waals surface area contributed by atoms with Crippen molar-refractivity contribution in [2.75, 3.05) is 10.7 Å². The lowest BCUT2D eigenvalue weighted by molar-refractivity contribution is 0.102. The molecule has 0 aromatic heterocycles. The first-order valence-corrected chi connectivity index (χ1v) is 7.06. The number of hydrogen-bond donors (Lipinski definition) is 4. The van der Waals surface area contributed by atoms with Gasteiger partial charge in [0.15, 0.2) is 5.84 Å². The summed E-state index contributed by atoms with van der Waals surface area (Å²) in [5.41, 5.74) is 10.3. The summed E-state index contributed by atoms with van der Waals surface area (Å²) in [4.78, 5) is 12.3. The van der Waals surface area contributed by atoms with E-state index in [9.17, 15) is 4.79 Å². The van der Waals surface area contributed by atoms with Crippen LogP contribution in [0.4, 0.5) is 11.4 Å². The molecular weight excluding hydrogens is 304 g/mol. The zero-order chi connectivity index (χ0) is 17.5. The molecule has 0 aliphatic rings. The molecule has 1 amide bonds. The van der Waals surface area contributed by atoms with Crippen LogP contribution in [0, 0.1) is 23.7 Å². The van der Waals surface area contributed by atoms with Gasteiger partial charge in [-0.2, -0.15) is 10.4 Å². The standard InChI is InChI=1S/C17H16N6O/c1-11-5-7-13(8-6-11)21-17(24)12-3-2-4-14(9-12)22-23-15(10-18)16(19)20/h2-9,22H,1H3,(H3,19,20)(H,21,24)/b23-15+. The van der Waals surface area contributed by atoms with Crippen molar-refractivity contribution in [1.82, 2.24) is 0 Å². The quantitative estimate of drug-likeness (QED) is 0.383. The lowest BCUT2D eigenvalue weighted by Gasteiger charge is -2.07. The van der Waals surface area contributed by atoms with Crippen molar-refractivity contribution < 1.29 is 4.79 Å². The van der Waals surface area contributed by atoms with E-state index in [0.29, 0.717) is 16.9 Å². The second-order valence-electron chi connectivity index (χ2n) is 5.00. The Morgan fingerprint density at radius 3 is 2.54 bits per heavy atom. The van der Waals surface area contributed by atoms with Gasteiger partial charge in [-0.1, -0.05) is 23.8 Å². The molecule has 7 heteroatoms. The summed E-state index contributed by atoms with van der Waals surface area (Å²) in [5.74, 6) is -0.697. The first kappa shape index (κ1) is 16.7. The zero-order valence-corrected chi connectivity index (χ0v) is 13.0. The molecule has 7 nitrogen and oxygen atoms in total. The van der Waals surface area contributed by atoms with Crippen molar-refractivity contribution in [1.29, 1.82) is 10.7 Å². The fourth-order valence-corrected chi connectivity index (χ4v) is 1.84. The Labute approximate surface area is 139 Å². The number of nitrogens with zero attached hydrogens (tertiary/aromatic N) is 2. The minimum atomic E-state index is -0.432. The van der Waals surface area contributed by atoms with Gasteiger partial charge < -0.3 is 11.1 Å². The van der Waals surface area contributed by atoms with E-state index in [2.05, 4.69) is 15.8 Å². The van der Waals surface area contributed by atoms with E-state index >= 15 is 0 Å². The minimum absolute atomic E-state index is 0.232. The molecule has 0 saturated heterocycles. The van der Waals surface area contributed by atoms with Crippen LogP contribution < -0.4 is 16.5 Å². The number of nitrogens with two attached hydrogens (primary N) is 1. The fourth-order valence-electron chi connectivity index (χ4n) is 1.84. The molecule has 120 valence electrons. The molecule has 0 radical (unpaired) electrons. The Balaban J connectivity index is 2.12. The van der Waals surface area contributed by atoms with Gasteiger partial charge in [0.1, 0.15) is 6.07 Å². The molecule has 0 atom stereocenters. The molecule has 0 unspecified atom stereocenters. The SMILES string of the molecule is Cc1ccc(NC(=O)c2cccc(N/N=C(\C#N)C(=N)N)c2)cc1. The normalized spacial score (nSPS) is 10.6. The summed E-state index contributed by atoms with van der Waals surface area (Å²) in [6, 6.07) is 15.8. The molecule has 0 aliphatic carbocycles. The Morgan fingerprint density at radius 1 is 1.21 bits per heavy atom. The number of anilines is 2. The van der Waals surface area contributed by atoms with Crippen LogP contribution in [-0.4, -0.2) is 17.5 Å². The smallest absolute Gasteiger partial charge is 0.255 e. The molecule has 0 aliphatic heterocycles. The summed E-state index contributed by atoms with van der Waals surface area (Å²) >= 11 is 0. The second-order valence-corrected chi connectivity index (χ2v) is 5.00. The van der Waals surface area contributed by atoms with Crippen molar-refractivity contribution in [2.24, 2.45) is 10.8 Å². The lowest BCUT2D eigenvalue weighted by Crippen LogP contribution is -2.21. The molecular formula is C17H16N6O. The van der Waals surface area contributed by atoms with Crippen molar-refractivity contribution in [3.63, 3.8) is 0 Å². The number of nitrogens with one attached hydrogen (secondary N) is 3. The third-order valence-corrected chi connectivity index (χ3v) is 3.09. The summed E-state index contributed by atoms with van der Waals surface area (Å²) in [6.07, 6.45) is 0. The molecule has 2 rings (SSSR count). The summed E-state index contributed by atoms with van der Waals surface area (Å²) < 4.78 is 0. The molecule has 24 heavy (non-hydrogen) atoms. The van der Waals surface area contributed by atoms with Crippen LogP contribution in [-0.2, 0) is 0 Å². The average molecular weight is 320 g/mol. The molecule has 5 N–H and O–H groups in total. The third-order valence-electron chi connectivity index (χ3n) is 3.09. The topological polar surface area (TPSA) is 127 Å². The highest BCUT2D eigenvalue weighted by molar-refractivity contribution is 6.45. The zero-order valence-electron chi connectivity index (χ0n) is 13.0. The number of carbonyl (C=O) groups is 1. The van der Waals surface area contributed by atoms with Crippen LogP contribution >= 0.6 is 0 Å². The highest BCUT2D eigenvalue weighted by Crippen LogP contribution is 2.14. The van der Waals surface area contributed by atoms with E-state index in [1.54, 1.807) is 30.3 Å². The number of nitriles is 1. The van der Waals surface area contributed by atoms with E-state index in [1.807, 2.05) is 31.2 Å². The Bertz CT molecular complexity index is 833. The fraction of sp³-hybridized carbons (Fsp3) is 0.0588. The molecule has 0 bridgehead atoms. The monoisotopic (exact) mass is 320 g/mol. The lowest BCUT2D eigenvalue weighted by atomic mass is 10.1. The van der Waals surface area contributed by atoms with Crippen molar-refractivity contribution in [3.8, 4) is 6.07 Å². The number of rotatable bonds is 5. The van der Waals surface area contributed by atoms with Crippen LogP contribution in [0.1, 0.15) is 15.9 Å². The highest BCUT2D eigenvalue weighted by atomic mass is 16.1. The summed E-state index contributed by atoms with van der Waals surface area (Å²) in [5, 5.41) is 22.5. The molecule has 0 heterocycles. The number of hydrogen-bond acceptors (Lipinski definition) is 5. The van der Waals surface area contributed by atoms with Crippen LogP contribution in [0.5, 0.6) is 0 Å². The highest BCUT2D eigenvalue weighted by Gasteiger charge is 2.07. The average Bonchev–Trinajstić information content (AvgIpc) is 2.57. The number of benzene rings is 2. The Kier molecular flexibility index (Phi) is 5.26. The number of amides is 1. The number of hydrazone groups is 1. The van der Waals surface area contributed by atoms with Crippen LogP contribution in [0.15, 0.2) is 53.6 Å². The van der Waals surface area contributed by atoms with Gasteiger partial charge in [0.2, 0.25) is 5.71 Å². The first-order chi connectivity index (χ1) is 11.5. The van der Waals surface area contributed by atoms with Crippen LogP contribution in [0.25, 0.3) is 0 Å². The van der Waals surface area contributed by atoms with Gasteiger partial charge in [-0.05, 0) is 37.3 Å². The second kappa shape index (κ2) is 7.56. The van der Waals surface area contributed by atoms with Gasteiger partial charge in [0.25, 0.3) is 5.91 Å². The molecule has 0 saturated carbocycles. The van der Waals surface area contributed by atoms with Gasteiger partial charge in [0, 0.05) is 11.3 Å².